The van der Waals surface area contributed by atoms with Crippen LogP contribution in [0.3, 0.4) is 0 Å². The molecule has 2 amide bonds. The molecule has 3 rings (SSSR count). The van der Waals surface area contributed by atoms with Crippen LogP contribution in [0.5, 0.6) is 0 Å². The van der Waals surface area contributed by atoms with Gasteiger partial charge in [-0.2, -0.15) is 0 Å². The maximum absolute atomic E-state index is 12.4. The number of hydrogen-bond donors (Lipinski definition) is 0. The highest BCUT2D eigenvalue weighted by atomic mass is 16.2. The van der Waals surface area contributed by atoms with E-state index in [1.807, 2.05) is 37.4 Å². The Morgan fingerprint density at radius 3 is 2.23 bits per heavy atom. The quantitative estimate of drug-likeness (QED) is 0.619. The van der Waals surface area contributed by atoms with Gasteiger partial charge in [0.25, 0.3) is 0 Å². The van der Waals surface area contributed by atoms with Crippen LogP contribution < -0.4 is 4.90 Å². The first-order chi connectivity index (χ1) is 10.7. The van der Waals surface area contributed by atoms with E-state index in [1.54, 1.807) is 0 Å². The summed E-state index contributed by atoms with van der Waals surface area (Å²) in [5, 5.41) is 0. The molecule has 1 heterocycles. The molecule has 4 heteroatoms. The van der Waals surface area contributed by atoms with Gasteiger partial charge in [-0.1, -0.05) is 30.4 Å². The average Bonchev–Trinajstić information content (AvgIpc) is 2.81. The maximum atomic E-state index is 12.4. The second kappa shape index (κ2) is 6.34. The number of carbonyl (C=O) groups excluding carboxylic acids is 2. The summed E-state index contributed by atoms with van der Waals surface area (Å²) in [5.74, 6) is -0.155. The number of likely N-dealkylation sites (tertiary alicyclic amines) is 1. The molecule has 0 saturated carbocycles. The summed E-state index contributed by atoms with van der Waals surface area (Å²) in [7, 11) is 2.03. The van der Waals surface area contributed by atoms with Gasteiger partial charge >= 0.3 is 0 Å². The van der Waals surface area contributed by atoms with Crippen molar-refractivity contribution in [1.82, 2.24) is 4.90 Å². The Kier molecular flexibility index (Phi) is 4.27. The number of fused-ring (bicyclic) bond motifs is 1. The van der Waals surface area contributed by atoms with Crippen molar-refractivity contribution >= 4 is 17.5 Å². The third-order valence-corrected chi connectivity index (χ3v) is 4.67. The molecule has 1 fully saturated rings. The van der Waals surface area contributed by atoms with Crippen LogP contribution in [0, 0.1) is 11.8 Å². The third-order valence-electron chi connectivity index (χ3n) is 4.67. The molecule has 0 N–H and O–H groups in total. The first kappa shape index (κ1) is 14.8. The van der Waals surface area contributed by atoms with Crippen molar-refractivity contribution in [2.45, 2.75) is 19.3 Å². The molecule has 0 unspecified atom stereocenters. The summed E-state index contributed by atoms with van der Waals surface area (Å²) in [6.45, 7) is 1.36. The number of para-hydroxylation sites is 1. The molecule has 1 aliphatic carbocycles. The van der Waals surface area contributed by atoms with Gasteiger partial charge < -0.3 is 4.90 Å². The topological polar surface area (TPSA) is 40.6 Å². The van der Waals surface area contributed by atoms with Crippen LogP contribution in [0.2, 0.25) is 0 Å². The van der Waals surface area contributed by atoms with E-state index < -0.39 is 0 Å². The van der Waals surface area contributed by atoms with Gasteiger partial charge in [-0.05, 0) is 31.4 Å². The van der Waals surface area contributed by atoms with Crippen LogP contribution in [0.25, 0.3) is 0 Å². The van der Waals surface area contributed by atoms with Crippen molar-refractivity contribution in [3.8, 4) is 0 Å². The van der Waals surface area contributed by atoms with E-state index in [-0.39, 0.29) is 23.7 Å². The lowest BCUT2D eigenvalue weighted by Crippen LogP contribution is -2.34. The first-order valence-corrected chi connectivity index (χ1v) is 7.95. The number of hydrogen-bond acceptors (Lipinski definition) is 3. The number of allylic oxidation sites excluding steroid dienone is 2. The Hall–Kier alpha value is -2.10. The second-order valence-electron chi connectivity index (χ2n) is 6.09. The number of amides is 2. The fourth-order valence-corrected chi connectivity index (χ4v) is 3.37. The molecular formula is C18H22N2O2. The van der Waals surface area contributed by atoms with Gasteiger partial charge in [-0.25, -0.2) is 0 Å². The predicted octanol–water partition coefficient (Wildman–Crippen LogP) is 2.46. The van der Waals surface area contributed by atoms with Crippen molar-refractivity contribution in [3.63, 3.8) is 0 Å². The highest BCUT2D eigenvalue weighted by Gasteiger charge is 2.46. The Morgan fingerprint density at radius 1 is 1.05 bits per heavy atom. The summed E-state index contributed by atoms with van der Waals surface area (Å²) < 4.78 is 0. The Labute approximate surface area is 131 Å². The van der Waals surface area contributed by atoms with E-state index in [1.165, 1.54) is 4.90 Å². The first-order valence-electron chi connectivity index (χ1n) is 7.95. The lowest BCUT2D eigenvalue weighted by atomic mass is 9.85. The fourth-order valence-electron chi connectivity index (χ4n) is 3.37. The minimum absolute atomic E-state index is 0.0294. The molecule has 1 aromatic rings. The molecule has 0 aromatic heterocycles. The molecular weight excluding hydrogens is 276 g/mol. The maximum Gasteiger partial charge on any atom is 0.233 e. The molecule has 2 aliphatic rings. The number of carbonyl (C=O) groups is 2. The van der Waals surface area contributed by atoms with Gasteiger partial charge in [0.05, 0.1) is 11.8 Å². The van der Waals surface area contributed by atoms with Gasteiger partial charge in [-0.15, -0.1) is 0 Å². The zero-order chi connectivity index (χ0) is 15.5. The van der Waals surface area contributed by atoms with Crippen molar-refractivity contribution in [3.05, 3.63) is 42.5 Å². The molecule has 4 nitrogen and oxygen atoms in total. The Bertz CT molecular complexity index is 556. The van der Waals surface area contributed by atoms with Crippen molar-refractivity contribution in [1.29, 1.82) is 0 Å². The lowest BCUT2D eigenvalue weighted by Gasteiger charge is -2.21. The summed E-state index contributed by atoms with van der Waals surface area (Å²) >= 11 is 0. The molecule has 116 valence electrons. The predicted molar refractivity (Wildman–Crippen MR) is 86.4 cm³/mol. The van der Waals surface area contributed by atoms with Gasteiger partial charge in [0.2, 0.25) is 11.8 Å². The summed E-state index contributed by atoms with van der Waals surface area (Å²) in [4.78, 5) is 28.3. The van der Waals surface area contributed by atoms with Crippen molar-refractivity contribution < 1.29 is 9.59 Å². The molecule has 2 atom stereocenters. The Balaban J connectivity index is 1.54. The molecule has 0 spiro atoms. The zero-order valence-corrected chi connectivity index (χ0v) is 12.9. The lowest BCUT2D eigenvalue weighted by molar-refractivity contribution is -0.139. The minimum Gasteiger partial charge on any atom is -0.375 e. The van der Waals surface area contributed by atoms with E-state index in [2.05, 4.69) is 17.0 Å². The van der Waals surface area contributed by atoms with Crippen LogP contribution >= 0.6 is 0 Å². The van der Waals surface area contributed by atoms with Gasteiger partial charge in [0.1, 0.15) is 0 Å². The largest absolute Gasteiger partial charge is 0.375 e. The normalized spacial score (nSPS) is 23.8. The molecule has 0 bridgehead atoms. The van der Waals surface area contributed by atoms with E-state index in [4.69, 9.17) is 0 Å². The molecule has 22 heavy (non-hydrogen) atoms. The molecule has 1 aromatic carbocycles. The monoisotopic (exact) mass is 298 g/mol. The van der Waals surface area contributed by atoms with Gasteiger partial charge in [0, 0.05) is 25.8 Å². The van der Waals surface area contributed by atoms with E-state index in [0.29, 0.717) is 6.54 Å². The standard InChI is InChI=1S/C18H22N2O2/c1-19(14-8-3-2-4-9-14)12-7-13-20-17(21)15-10-5-6-11-16(15)18(20)22/h2-6,8-9,15-16H,7,10-13H2,1H3/t15-,16+. The van der Waals surface area contributed by atoms with E-state index in [0.717, 1.165) is 31.5 Å². The summed E-state index contributed by atoms with van der Waals surface area (Å²) in [6, 6.07) is 10.1. The van der Waals surface area contributed by atoms with Gasteiger partial charge in [-0.3, -0.25) is 14.5 Å². The molecule has 0 radical (unpaired) electrons. The van der Waals surface area contributed by atoms with Crippen molar-refractivity contribution in [2.24, 2.45) is 11.8 Å². The highest BCUT2D eigenvalue weighted by molar-refractivity contribution is 6.05. The molecule has 1 saturated heterocycles. The fraction of sp³-hybridized carbons (Fsp3) is 0.444. The number of rotatable bonds is 5. The van der Waals surface area contributed by atoms with Gasteiger partial charge in [0.15, 0.2) is 0 Å². The Morgan fingerprint density at radius 2 is 1.64 bits per heavy atom. The number of benzene rings is 1. The SMILES string of the molecule is CN(CCCN1C(=O)[C@H]2CC=CC[C@H]2C1=O)c1ccccc1. The summed E-state index contributed by atoms with van der Waals surface area (Å²) in [5.41, 5.74) is 1.15. The van der Waals surface area contributed by atoms with Crippen LogP contribution in [0.1, 0.15) is 19.3 Å². The number of nitrogens with zero attached hydrogens (tertiary/aromatic N) is 2. The summed E-state index contributed by atoms with van der Waals surface area (Å²) in [6.07, 6.45) is 6.29. The van der Waals surface area contributed by atoms with Crippen LogP contribution in [-0.2, 0) is 9.59 Å². The number of imide groups is 1. The van der Waals surface area contributed by atoms with E-state index in [9.17, 15) is 9.59 Å². The average molecular weight is 298 g/mol. The van der Waals surface area contributed by atoms with Crippen LogP contribution in [0.4, 0.5) is 5.69 Å². The second-order valence-corrected chi connectivity index (χ2v) is 6.09. The van der Waals surface area contributed by atoms with E-state index >= 15 is 0 Å². The smallest absolute Gasteiger partial charge is 0.233 e. The van der Waals surface area contributed by atoms with Crippen molar-refractivity contribution in [2.75, 3.05) is 25.0 Å². The highest BCUT2D eigenvalue weighted by Crippen LogP contribution is 2.35. The minimum atomic E-state index is -0.107. The zero-order valence-electron chi connectivity index (χ0n) is 12.9. The molecule has 1 aliphatic heterocycles. The number of anilines is 1. The third kappa shape index (κ3) is 2.78. The van der Waals surface area contributed by atoms with Crippen LogP contribution in [-0.4, -0.2) is 36.9 Å². The van der Waals surface area contributed by atoms with Crippen LogP contribution in [0.15, 0.2) is 42.5 Å².